The normalized spacial score (nSPS) is 10.4. The summed E-state index contributed by atoms with van der Waals surface area (Å²) in [5.74, 6) is -0.416. The summed E-state index contributed by atoms with van der Waals surface area (Å²) >= 11 is 5.82. The minimum atomic E-state index is -0.499. The summed E-state index contributed by atoms with van der Waals surface area (Å²) in [5.41, 5.74) is 3.98. The van der Waals surface area contributed by atoms with Crippen LogP contribution in [-0.4, -0.2) is 24.7 Å². The average Bonchev–Trinajstić information content (AvgIpc) is 2.58. The van der Waals surface area contributed by atoms with E-state index in [0.717, 1.165) is 5.56 Å². The Kier molecular flexibility index (Phi) is 6.79. The van der Waals surface area contributed by atoms with E-state index in [0.29, 0.717) is 17.1 Å². The molecule has 0 aliphatic heterocycles. The monoisotopic (exact) mass is 344 g/mol. The molecule has 2 aromatic carbocycles. The standard InChI is InChI=1S/C17H17ClN4O2/c18-14-7-4-8-15(11-14)21-17(24)19-12-16(23)22-20-10-9-13-5-2-1-3-6-13/h1-8,10-11H,9,12H2,(H,22,23)(H2,19,21,24)/b20-10+. The lowest BCUT2D eigenvalue weighted by molar-refractivity contribution is -0.120. The van der Waals surface area contributed by atoms with Gasteiger partial charge < -0.3 is 10.6 Å². The van der Waals surface area contributed by atoms with Crippen molar-refractivity contribution in [2.45, 2.75) is 6.42 Å². The lowest BCUT2D eigenvalue weighted by atomic mass is 10.2. The molecule has 0 fully saturated rings. The molecule has 3 amide bonds. The van der Waals surface area contributed by atoms with E-state index in [2.05, 4.69) is 21.2 Å². The van der Waals surface area contributed by atoms with Crippen LogP contribution in [0, 0.1) is 0 Å². The van der Waals surface area contributed by atoms with Crippen LogP contribution in [0.25, 0.3) is 0 Å². The second kappa shape index (κ2) is 9.32. The number of urea groups is 1. The maximum absolute atomic E-state index is 11.7. The Morgan fingerprint density at radius 3 is 2.62 bits per heavy atom. The number of amides is 3. The van der Waals surface area contributed by atoms with Gasteiger partial charge in [0.1, 0.15) is 6.54 Å². The number of nitrogens with one attached hydrogen (secondary N) is 3. The zero-order valence-electron chi connectivity index (χ0n) is 12.8. The molecular formula is C17H17ClN4O2. The smallest absolute Gasteiger partial charge is 0.319 e. The molecular weight excluding hydrogens is 328 g/mol. The van der Waals surface area contributed by atoms with Crippen LogP contribution in [0.2, 0.25) is 5.02 Å². The summed E-state index contributed by atoms with van der Waals surface area (Å²) < 4.78 is 0. The number of benzene rings is 2. The topological polar surface area (TPSA) is 82.6 Å². The van der Waals surface area contributed by atoms with Crippen LogP contribution in [0.3, 0.4) is 0 Å². The Hall–Kier alpha value is -2.86. The number of anilines is 1. The highest BCUT2D eigenvalue weighted by molar-refractivity contribution is 6.30. The fourth-order valence-corrected chi connectivity index (χ4v) is 2.01. The first-order valence-corrected chi connectivity index (χ1v) is 7.66. The van der Waals surface area contributed by atoms with Gasteiger partial charge in [-0.2, -0.15) is 5.10 Å². The highest BCUT2D eigenvalue weighted by atomic mass is 35.5. The lowest BCUT2D eigenvalue weighted by Gasteiger charge is -2.07. The van der Waals surface area contributed by atoms with Crippen LogP contribution in [0.5, 0.6) is 0 Å². The number of hydrogen-bond donors (Lipinski definition) is 3. The van der Waals surface area contributed by atoms with E-state index in [-0.39, 0.29) is 6.54 Å². The van der Waals surface area contributed by atoms with Crippen LogP contribution in [0.1, 0.15) is 5.56 Å². The fourth-order valence-electron chi connectivity index (χ4n) is 1.82. The third-order valence-corrected chi connectivity index (χ3v) is 3.18. The molecule has 24 heavy (non-hydrogen) atoms. The number of carbonyl (C=O) groups is 2. The van der Waals surface area contributed by atoms with Crippen molar-refractivity contribution >= 4 is 35.4 Å². The van der Waals surface area contributed by atoms with E-state index in [4.69, 9.17) is 11.6 Å². The molecule has 2 aromatic rings. The fraction of sp³-hybridized carbons (Fsp3) is 0.118. The Morgan fingerprint density at radius 2 is 1.88 bits per heavy atom. The number of hydrazone groups is 1. The van der Waals surface area contributed by atoms with Crippen molar-refractivity contribution < 1.29 is 9.59 Å². The molecule has 0 bridgehead atoms. The quantitative estimate of drug-likeness (QED) is 0.556. The third-order valence-electron chi connectivity index (χ3n) is 2.94. The first kappa shape index (κ1) is 17.5. The number of nitrogens with zero attached hydrogens (tertiary/aromatic N) is 1. The summed E-state index contributed by atoms with van der Waals surface area (Å²) in [6.07, 6.45) is 2.21. The Labute approximate surface area is 144 Å². The van der Waals surface area contributed by atoms with E-state index in [1.165, 1.54) is 0 Å². The molecule has 6 nitrogen and oxygen atoms in total. The number of carbonyl (C=O) groups excluding carboxylic acids is 2. The lowest BCUT2D eigenvalue weighted by Crippen LogP contribution is -2.37. The third kappa shape index (κ3) is 6.50. The van der Waals surface area contributed by atoms with Crippen LogP contribution in [0.15, 0.2) is 59.7 Å². The summed E-state index contributed by atoms with van der Waals surface area (Å²) in [4.78, 5) is 23.2. The highest BCUT2D eigenvalue weighted by Crippen LogP contribution is 2.14. The van der Waals surface area contributed by atoms with Gasteiger partial charge in [-0.1, -0.05) is 48.0 Å². The van der Waals surface area contributed by atoms with Crippen LogP contribution < -0.4 is 16.1 Å². The maximum atomic E-state index is 11.7. The molecule has 124 valence electrons. The Bertz CT molecular complexity index is 720. The van der Waals surface area contributed by atoms with Crippen molar-refractivity contribution in [2.75, 3.05) is 11.9 Å². The van der Waals surface area contributed by atoms with Crippen LogP contribution in [0.4, 0.5) is 10.5 Å². The SMILES string of the molecule is O=C(CNC(=O)Nc1cccc(Cl)c1)N/N=C/Cc1ccccc1. The Balaban J connectivity index is 1.66. The molecule has 0 heterocycles. The minimum absolute atomic E-state index is 0.185. The first-order chi connectivity index (χ1) is 11.6. The number of rotatable bonds is 6. The zero-order chi connectivity index (χ0) is 17.2. The average molecular weight is 345 g/mol. The maximum Gasteiger partial charge on any atom is 0.319 e. The van der Waals surface area contributed by atoms with E-state index >= 15 is 0 Å². The van der Waals surface area contributed by atoms with Gasteiger partial charge in [-0.05, 0) is 23.8 Å². The molecule has 0 spiro atoms. The summed E-state index contributed by atoms with van der Waals surface area (Å²) in [6, 6.07) is 16.0. The molecule has 0 atom stereocenters. The molecule has 2 rings (SSSR count). The zero-order valence-corrected chi connectivity index (χ0v) is 13.6. The number of halogens is 1. The van der Waals surface area contributed by atoms with Crippen molar-refractivity contribution in [3.8, 4) is 0 Å². The summed E-state index contributed by atoms with van der Waals surface area (Å²) in [6.45, 7) is -0.185. The van der Waals surface area contributed by atoms with E-state index in [1.54, 1.807) is 30.5 Å². The van der Waals surface area contributed by atoms with Gasteiger partial charge in [0, 0.05) is 23.3 Å². The molecule has 7 heteroatoms. The predicted molar refractivity (Wildman–Crippen MR) is 95.3 cm³/mol. The van der Waals surface area contributed by atoms with Crippen LogP contribution in [-0.2, 0) is 11.2 Å². The van der Waals surface area contributed by atoms with Crippen molar-refractivity contribution in [3.63, 3.8) is 0 Å². The van der Waals surface area contributed by atoms with Gasteiger partial charge in [0.15, 0.2) is 0 Å². The van der Waals surface area contributed by atoms with Gasteiger partial charge in [0.25, 0.3) is 5.91 Å². The van der Waals surface area contributed by atoms with Crippen molar-refractivity contribution in [1.82, 2.24) is 10.7 Å². The minimum Gasteiger partial charge on any atom is -0.329 e. The molecule has 0 saturated heterocycles. The second-order valence-electron chi connectivity index (χ2n) is 4.85. The molecule has 0 unspecified atom stereocenters. The molecule has 0 aliphatic rings. The first-order valence-electron chi connectivity index (χ1n) is 7.28. The van der Waals surface area contributed by atoms with Gasteiger partial charge in [0.05, 0.1) is 0 Å². The second-order valence-corrected chi connectivity index (χ2v) is 5.29. The van der Waals surface area contributed by atoms with E-state index in [9.17, 15) is 9.59 Å². The van der Waals surface area contributed by atoms with Crippen molar-refractivity contribution in [2.24, 2.45) is 5.10 Å². The van der Waals surface area contributed by atoms with Gasteiger partial charge in [0.2, 0.25) is 0 Å². The van der Waals surface area contributed by atoms with Gasteiger partial charge in [-0.3, -0.25) is 4.79 Å². The molecule has 0 saturated carbocycles. The van der Waals surface area contributed by atoms with Gasteiger partial charge in [-0.15, -0.1) is 0 Å². The highest BCUT2D eigenvalue weighted by Gasteiger charge is 2.05. The van der Waals surface area contributed by atoms with Crippen molar-refractivity contribution in [3.05, 3.63) is 65.2 Å². The summed E-state index contributed by atoms with van der Waals surface area (Å²) in [5, 5.41) is 9.34. The van der Waals surface area contributed by atoms with Crippen molar-refractivity contribution in [1.29, 1.82) is 0 Å². The predicted octanol–water partition coefficient (Wildman–Crippen LogP) is 2.81. The molecule has 0 radical (unpaired) electrons. The van der Waals surface area contributed by atoms with Crippen LogP contribution >= 0.6 is 11.6 Å². The van der Waals surface area contributed by atoms with E-state index in [1.807, 2.05) is 30.3 Å². The van der Waals surface area contributed by atoms with E-state index < -0.39 is 11.9 Å². The molecule has 0 aliphatic carbocycles. The number of hydrogen-bond acceptors (Lipinski definition) is 3. The van der Waals surface area contributed by atoms with Gasteiger partial charge in [-0.25, -0.2) is 10.2 Å². The van der Waals surface area contributed by atoms with Gasteiger partial charge >= 0.3 is 6.03 Å². The largest absolute Gasteiger partial charge is 0.329 e. The molecule has 0 aromatic heterocycles. The Morgan fingerprint density at radius 1 is 1.08 bits per heavy atom. The summed E-state index contributed by atoms with van der Waals surface area (Å²) in [7, 11) is 0. The molecule has 3 N–H and O–H groups in total.